The number of halogens is 2. The average molecular weight is 313 g/mol. The van der Waals surface area contributed by atoms with Crippen LogP contribution in [0.4, 0.5) is 5.69 Å². The Morgan fingerprint density at radius 1 is 1.06 bits per heavy atom. The maximum absolute atomic E-state index is 10.7. The molecule has 0 fully saturated rings. The van der Waals surface area contributed by atoms with Crippen LogP contribution in [0.5, 0.6) is 0 Å². The fourth-order valence-corrected chi connectivity index (χ4v) is 2.13. The minimum Gasteiger partial charge on any atom is -0.258 e. The summed E-state index contributed by atoms with van der Waals surface area (Å²) in [6.45, 7) is 0. The number of benzene rings is 2. The Hall–Kier alpha value is -1.39. The van der Waals surface area contributed by atoms with Gasteiger partial charge in [-0.3, -0.25) is 10.1 Å². The third kappa shape index (κ3) is 2.65. The summed E-state index contributed by atoms with van der Waals surface area (Å²) in [5.74, 6) is 0. The van der Waals surface area contributed by atoms with E-state index in [1.807, 2.05) is 12.1 Å². The molecule has 0 radical (unpaired) electrons. The highest BCUT2D eigenvalue weighted by Crippen LogP contribution is 2.30. The first-order valence-corrected chi connectivity index (χ1v) is 5.95. The van der Waals surface area contributed by atoms with Crippen LogP contribution < -0.4 is 0 Å². The molecule has 2 aromatic rings. The summed E-state index contributed by atoms with van der Waals surface area (Å²) in [7, 11) is 0. The van der Waals surface area contributed by atoms with E-state index in [1.165, 1.54) is 6.07 Å². The van der Waals surface area contributed by atoms with Crippen LogP contribution in [0.2, 0.25) is 5.02 Å². The second-order valence-electron chi connectivity index (χ2n) is 3.43. The van der Waals surface area contributed by atoms with E-state index >= 15 is 0 Å². The predicted octanol–water partition coefficient (Wildman–Crippen LogP) is 4.68. The van der Waals surface area contributed by atoms with Gasteiger partial charge in [-0.15, -0.1) is 0 Å². The second kappa shape index (κ2) is 4.85. The fraction of sp³-hybridized carbons (Fsp3) is 0. The van der Waals surface area contributed by atoms with Gasteiger partial charge in [0.25, 0.3) is 5.69 Å². The summed E-state index contributed by atoms with van der Waals surface area (Å²) in [5, 5.41) is 11.3. The molecule has 0 atom stereocenters. The van der Waals surface area contributed by atoms with Gasteiger partial charge in [0.15, 0.2) is 0 Å². The molecule has 0 bridgehead atoms. The molecular weight excluding hydrogens is 305 g/mol. The highest BCUT2D eigenvalue weighted by atomic mass is 79.9. The van der Waals surface area contributed by atoms with Crippen molar-refractivity contribution in [2.45, 2.75) is 0 Å². The molecule has 0 aromatic heterocycles. The summed E-state index contributed by atoms with van der Waals surface area (Å²) >= 11 is 8.99. The molecule has 86 valence electrons. The number of nitrogens with zero attached hydrogens (tertiary/aromatic N) is 1. The quantitative estimate of drug-likeness (QED) is 0.597. The monoisotopic (exact) mass is 311 g/mol. The molecule has 0 aliphatic heterocycles. The van der Waals surface area contributed by atoms with Gasteiger partial charge in [0.1, 0.15) is 0 Å². The molecule has 0 aliphatic rings. The number of nitro benzene ring substituents is 1. The van der Waals surface area contributed by atoms with Crippen molar-refractivity contribution in [1.29, 1.82) is 0 Å². The van der Waals surface area contributed by atoms with Crippen LogP contribution in [0.25, 0.3) is 11.1 Å². The summed E-state index contributed by atoms with van der Waals surface area (Å²) in [4.78, 5) is 10.3. The Bertz CT molecular complexity index is 569. The molecule has 0 amide bonds. The van der Waals surface area contributed by atoms with Crippen molar-refractivity contribution in [3.8, 4) is 11.1 Å². The van der Waals surface area contributed by atoms with E-state index in [9.17, 15) is 10.1 Å². The maximum Gasteiger partial charge on any atom is 0.283 e. The molecule has 2 rings (SSSR count). The van der Waals surface area contributed by atoms with Crippen molar-refractivity contribution >= 4 is 33.2 Å². The summed E-state index contributed by atoms with van der Waals surface area (Å²) < 4.78 is 0.468. The standard InChI is InChI=1S/C12H7BrClNO2/c13-11-7-9(3-6-12(11)15(16)17)8-1-4-10(14)5-2-8/h1-7H. The first-order valence-electron chi connectivity index (χ1n) is 4.78. The van der Waals surface area contributed by atoms with Crippen LogP contribution in [0.15, 0.2) is 46.9 Å². The highest BCUT2D eigenvalue weighted by molar-refractivity contribution is 9.10. The third-order valence-electron chi connectivity index (χ3n) is 2.32. The zero-order chi connectivity index (χ0) is 12.4. The molecule has 0 saturated carbocycles. The van der Waals surface area contributed by atoms with Crippen molar-refractivity contribution in [1.82, 2.24) is 0 Å². The topological polar surface area (TPSA) is 43.1 Å². The minimum atomic E-state index is -0.421. The van der Waals surface area contributed by atoms with Gasteiger partial charge in [-0.2, -0.15) is 0 Å². The van der Waals surface area contributed by atoms with Gasteiger partial charge in [-0.05, 0) is 51.3 Å². The second-order valence-corrected chi connectivity index (χ2v) is 4.72. The maximum atomic E-state index is 10.7. The van der Waals surface area contributed by atoms with E-state index in [-0.39, 0.29) is 5.69 Å². The van der Waals surface area contributed by atoms with Crippen molar-refractivity contribution < 1.29 is 4.92 Å². The minimum absolute atomic E-state index is 0.0581. The van der Waals surface area contributed by atoms with Crippen LogP contribution in [-0.2, 0) is 0 Å². The van der Waals surface area contributed by atoms with Crippen molar-refractivity contribution in [3.05, 3.63) is 62.1 Å². The van der Waals surface area contributed by atoms with Crippen LogP contribution >= 0.6 is 27.5 Å². The number of nitro groups is 1. The summed E-state index contributed by atoms with van der Waals surface area (Å²) in [6.07, 6.45) is 0. The van der Waals surface area contributed by atoms with Crippen molar-refractivity contribution in [2.24, 2.45) is 0 Å². The Labute approximate surface area is 111 Å². The molecule has 0 N–H and O–H groups in total. The van der Waals surface area contributed by atoms with Gasteiger partial charge in [0.2, 0.25) is 0 Å². The first-order chi connectivity index (χ1) is 8.08. The number of rotatable bonds is 2. The van der Waals surface area contributed by atoms with E-state index in [0.29, 0.717) is 9.50 Å². The smallest absolute Gasteiger partial charge is 0.258 e. The highest BCUT2D eigenvalue weighted by Gasteiger charge is 2.12. The Kier molecular flexibility index (Phi) is 3.45. The Balaban J connectivity index is 2.44. The molecule has 0 saturated heterocycles. The number of hydrogen-bond acceptors (Lipinski definition) is 2. The zero-order valence-corrected chi connectivity index (χ0v) is 10.9. The first kappa shape index (κ1) is 12.1. The lowest BCUT2D eigenvalue weighted by Crippen LogP contribution is -1.89. The molecular formula is C12H7BrClNO2. The SMILES string of the molecule is O=[N+]([O-])c1ccc(-c2ccc(Cl)cc2)cc1Br. The fourth-order valence-electron chi connectivity index (χ4n) is 1.48. The molecule has 3 nitrogen and oxygen atoms in total. The van der Waals surface area contributed by atoms with Gasteiger partial charge in [-0.25, -0.2) is 0 Å². The van der Waals surface area contributed by atoms with E-state index in [2.05, 4.69) is 15.9 Å². The predicted molar refractivity (Wildman–Crippen MR) is 71.2 cm³/mol. The van der Waals surface area contributed by atoms with Crippen LogP contribution in [0, 0.1) is 10.1 Å². The molecule has 0 aliphatic carbocycles. The lowest BCUT2D eigenvalue weighted by molar-refractivity contribution is -0.385. The Morgan fingerprint density at radius 3 is 2.18 bits per heavy atom. The Morgan fingerprint density at radius 2 is 1.65 bits per heavy atom. The molecule has 0 unspecified atom stereocenters. The van der Waals surface area contributed by atoms with Gasteiger partial charge >= 0.3 is 0 Å². The number of hydrogen-bond donors (Lipinski definition) is 0. The van der Waals surface area contributed by atoms with Crippen LogP contribution in [0.1, 0.15) is 0 Å². The summed E-state index contributed by atoms with van der Waals surface area (Å²) in [5.41, 5.74) is 1.92. The van der Waals surface area contributed by atoms with Gasteiger partial charge in [0.05, 0.1) is 9.40 Å². The van der Waals surface area contributed by atoms with Crippen LogP contribution in [0.3, 0.4) is 0 Å². The van der Waals surface area contributed by atoms with E-state index in [4.69, 9.17) is 11.6 Å². The van der Waals surface area contributed by atoms with Crippen LogP contribution in [-0.4, -0.2) is 4.92 Å². The van der Waals surface area contributed by atoms with Crippen molar-refractivity contribution in [3.63, 3.8) is 0 Å². The normalized spacial score (nSPS) is 10.2. The molecule has 2 aromatic carbocycles. The lowest BCUT2D eigenvalue weighted by Gasteiger charge is -2.03. The largest absolute Gasteiger partial charge is 0.283 e. The van der Waals surface area contributed by atoms with E-state index < -0.39 is 4.92 Å². The summed E-state index contributed by atoms with van der Waals surface area (Å²) in [6, 6.07) is 12.2. The zero-order valence-electron chi connectivity index (χ0n) is 8.56. The molecule has 5 heteroatoms. The van der Waals surface area contributed by atoms with Crippen molar-refractivity contribution in [2.75, 3.05) is 0 Å². The molecule has 17 heavy (non-hydrogen) atoms. The van der Waals surface area contributed by atoms with E-state index in [0.717, 1.165) is 11.1 Å². The van der Waals surface area contributed by atoms with Gasteiger partial charge in [-0.1, -0.05) is 23.7 Å². The lowest BCUT2D eigenvalue weighted by atomic mass is 10.1. The van der Waals surface area contributed by atoms with Gasteiger partial charge < -0.3 is 0 Å². The molecule has 0 heterocycles. The third-order valence-corrected chi connectivity index (χ3v) is 3.21. The molecule has 0 spiro atoms. The van der Waals surface area contributed by atoms with Gasteiger partial charge in [0, 0.05) is 11.1 Å². The average Bonchev–Trinajstić information content (AvgIpc) is 2.29. The van der Waals surface area contributed by atoms with E-state index in [1.54, 1.807) is 24.3 Å².